The number of hydrogen-bond donors (Lipinski definition) is 1. The average Bonchev–Trinajstić information content (AvgIpc) is 3.19. The second kappa shape index (κ2) is 9.75. The van der Waals surface area contributed by atoms with Gasteiger partial charge in [-0.25, -0.2) is 4.98 Å². The molecule has 0 radical (unpaired) electrons. The minimum Gasteiger partial charge on any atom is -0.493 e. The average molecular weight is 450 g/mol. The van der Waals surface area contributed by atoms with Crippen molar-refractivity contribution in [2.45, 2.75) is 19.4 Å². The van der Waals surface area contributed by atoms with Crippen molar-refractivity contribution in [1.82, 2.24) is 14.7 Å². The summed E-state index contributed by atoms with van der Waals surface area (Å²) in [5, 5.41) is 3.63. The number of carbonyl (C=O) groups excluding carboxylic acids is 1. The number of hydrogen-bond acceptors (Lipinski definition) is 4. The highest BCUT2D eigenvalue weighted by molar-refractivity contribution is 6.30. The van der Waals surface area contributed by atoms with E-state index in [2.05, 4.69) is 5.32 Å². The lowest BCUT2D eigenvalue weighted by atomic mass is 10.1. The number of benzene rings is 2. The molecule has 1 amide bonds. The van der Waals surface area contributed by atoms with Gasteiger partial charge in [0.15, 0.2) is 11.5 Å². The molecule has 0 aliphatic heterocycles. The molecule has 0 saturated heterocycles. The van der Waals surface area contributed by atoms with Crippen LogP contribution in [0.2, 0.25) is 5.02 Å². The Morgan fingerprint density at radius 1 is 1.03 bits per heavy atom. The quantitative estimate of drug-likeness (QED) is 0.414. The maximum atomic E-state index is 12.6. The monoisotopic (exact) mass is 449 g/mol. The highest BCUT2D eigenvalue weighted by Gasteiger charge is 2.15. The first-order valence-corrected chi connectivity index (χ1v) is 10.7. The van der Waals surface area contributed by atoms with Crippen LogP contribution in [0.1, 0.15) is 17.7 Å². The van der Waals surface area contributed by atoms with E-state index in [1.54, 1.807) is 14.2 Å². The number of aryl methyl sites for hydroxylation is 1. The molecule has 7 heteroatoms. The van der Waals surface area contributed by atoms with Gasteiger partial charge in [0.1, 0.15) is 5.65 Å². The SMILES string of the molecule is COc1ccc(CNC(=O)CCc2c(-c3cccc(Cl)c3)nc3ccccn23)cc1OC. The molecule has 0 atom stereocenters. The van der Waals surface area contributed by atoms with Gasteiger partial charge in [-0.2, -0.15) is 0 Å². The van der Waals surface area contributed by atoms with E-state index in [4.69, 9.17) is 26.1 Å². The van der Waals surface area contributed by atoms with Gasteiger partial charge in [0, 0.05) is 29.7 Å². The predicted octanol–water partition coefficient (Wildman–Crippen LogP) is 4.92. The van der Waals surface area contributed by atoms with Gasteiger partial charge in [-0.15, -0.1) is 0 Å². The molecule has 2 aromatic carbocycles. The molecule has 32 heavy (non-hydrogen) atoms. The molecule has 0 aliphatic carbocycles. The van der Waals surface area contributed by atoms with Crippen molar-refractivity contribution in [1.29, 1.82) is 0 Å². The Bertz CT molecular complexity index is 1250. The molecule has 1 N–H and O–H groups in total. The molecule has 164 valence electrons. The number of halogens is 1. The zero-order valence-corrected chi connectivity index (χ0v) is 18.7. The first-order valence-electron chi connectivity index (χ1n) is 10.3. The van der Waals surface area contributed by atoms with Crippen LogP contribution in [0, 0.1) is 0 Å². The van der Waals surface area contributed by atoms with Crippen LogP contribution in [-0.2, 0) is 17.8 Å². The fourth-order valence-electron chi connectivity index (χ4n) is 3.66. The number of imidazole rings is 1. The molecule has 2 heterocycles. The van der Waals surface area contributed by atoms with Crippen LogP contribution in [0.15, 0.2) is 66.9 Å². The second-order valence-corrected chi connectivity index (χ2v) is 7.75. The molecule has 2 aromatic heterocycles. The fourth-order valence-corrected chi connectivity index (χ4v) is 3.85. The first-order chi connectivity index (χ1) is 15.6. The summed E-state index contributed by atoms with van der Waals surface area (Å²) in [6.07, 6.45) is 2.85. The van der Waals surface area contributed by atoms with Gasteiger partial charge in [0.05, 0.1) is 25.6 Å². The van der Waals surface area contributed by atoms with Gasteiger partial charge in [-0.05, 0) is 48.4 Å². The lowest BCUT2D eigenvalue weighted by molar-refractivity contribution is -0.121. The van der Waals surface area contributed by atoms with Crippen molar-refractivity contribution in [3.05, 3.63) is 83.1 Å². The highest BCUT2D eigenvalue weighted by atomic mass is 35.5. The summed E-state index contributed by atoms with van der Waals surface area (Å²) in [5.41, 5.74) is 4.52. The Kier molecular flexibility index (Phi) is 6.61. The third-order valence-corrected chi connectivity index (χ3v) is 5.49. The van der Waals surface area contributed by atoms with E-state index in [0.717, 1.165) is 28.2 Å². The van der Waals surface area contributed by atoms with Gasteiger partial charge < -0.3 is 19.2 Å². The Morgan fingerprint density at radius 3 is 2.66 bits per heavy atom. The standard InChI is InChI=1S/C25H24ClN3O3/c1-31-21-11-9-17(14-22(21)32-2)16-27-24(30)12-10-20-25(18-6-5-7-19(26)15-18)28-23-8-3-4-13-29(20)23/h3-9,11,13-15H,10,12,16H2,1-2H3,(H,27,30). The van der Waals surface area contributed by atoms with Crippen molar-refractivity contribution >= 4 is 23.2 Å². The fraction of sp³-hybridized carbons (Fsp3) is 0.200. The third-order valence-electron chi connectivity index (χ3n) is 5.25. The molecule has 0 saturated carbocycles. The largest absolute Gasteiger partial charge is 0.493 e. The maximum absolute atomic E-state index is 12.6. The van der Waals surface area contributed by atoms with Crippen molar-refractivity contribution in [2.75, 3.05) is 14.2 Å². The summed E-state index contributed by atoms with van der Waals surface area (Å²) in [7, 11) is 3.19. The molecule has 0 fully saturated rings. The number of aromatic nitrogens is 2. The third kappa shape index (κ3) is 4.70. The summed E-state index contributed by atoms with van der Waals surface area (Å²) in [4.78, 5) is 17.4. The smallest absolute Gasteiger partial charge is 0.220 e. The van der Waals surface area contributed by atoms with E-state index in [-0.39, 0.29) is 5.91 Å². The minimum atomic E-state index is -0.0392. The van der Waals surface area contributed by atoms with Gasteiger partial charge in [0.2, 0.25) is 5.91 Å². The number of fused-ring (bicyclic) bond motifs is 1. The molecule has 6 nitrogen and oxygen atoms in total. The number of pyridine rings is 1. The number of rotatable bonds is 8. The van der Waals surface area contributed by atoms with E-state index < -0.39 is 0 Å². The summed E-state index contributed by atoms with van der Waals surface area (Å²) in [6.45, 7) is 0.410. The Morgan fingerprint density at radius 2 is 1.88 bits per heavy atom. The number of amides is 1. The molecular weight excluding hydrogens is 426 g/mol. The van der Waals surface area contributed by atoms with Crippen LogP contribution in [-0.4, -0.2) is 29.5 Å². The Balaban J connectivity index is 1.48. The molecule has 4 aromatic rings. The van der Waals surface area contributed by atoms with E-state index in [0.29, 0.717) is 35.9 Å². The molecule has 0 unspecified atom stereocenters. The van der Waals surface area contributed by atoms with E-state index >= 15 is 0 Å². The number of nitrogens with zero attached hydrogens (tertiary/aromatic N) is 2. The predicted molar refractivity (Wildman–Crippen MR) is 125 cm³/mol. The van der Waals surface area contributed by atoms with Crippen molar-refractivity contribution in [3.63, 3.8) is 0 Å². The molecule has 0 bridgehead atoms. The minimum absolute atomic E-state index is 0.0392. The van der Waals surface area contributed by atoms with Gasteiger partial charge in [-0.1, -0.05) is 35.9 Å². The highest BCUT2D eigenvalue weighted by Crippen LogP contribution is 2.28. The van der Waals surface area contributed by atoms with E-state index in [1.807, 2.05) is 71.3 Å². The van der Waals surface area contributed by atoms with E-state index in [1.165, 1.54) is 0 Å². The van der Waals surface area contributed by atoms with Crippen molar-refractivity contribution in [3.8, 4) is 22.8 Å². The van der Waals surface area contributed by atoms with Gasteiger partial charge in [0.25, 0.3) is 0 Å². The van der Waals surface area contributed by atoms with Crippen molar-refractivity contribution < 1.29 is 14.3 Å². The lowest BCUT2D eigenvalue weighted by Gasteiger charge is -2.11. The number of methoxy groups -OCH3 is 2. The van der Waals surface area contributed by atoms with Crippen LogP contribution in [0.3, 0.4) is 0 Å². The summed E-state index contributed by atoms with van der Waals surface area (Å²) in [6, 6.07) is 19.1. The lowest BCUT2D eigenvalue weighted by Crippen LogP contribution is -2.23. The van der Waals surface area contributed by atoms with Crippen LogP contribution in [0.4, 0.5) is 0 Å². The number of carbonyl (C=O) groups is 1. The van der Waals surface area contributed by atoms with Crippen LogP contribution < -0.4 is 14.8 Å². The van der Waals surface area contributed by atoms with E-state index in [9.17, 15) is 4.79 Å². The van der Waals surface area contributed by atoms with Gasteiger partial charge >= 0.3 is 0 Å². The topological polar surface area (TPSA) is 64.9 Å². The number of ether oxygens (including phenoxy) is 2. The molecule has 0 spiro atoms. The van der Waals surface area contributed by atoms with Crippen molar-refractivity contribution in [2.24, 2.45) is 0 Å². The molecule has 4 rings (SSSR count). The molecular formula is C25H24ClN3O3. The summed E-state index contributed by atoms with van der Waals surface area (Å²) in [5.74, 6) is 1.25. The summed E-state index contributed by atoms with van der Waals surface area (Å²) < 4.78 is 12.6. The summed E-state index contributed by atoms with van der Waals surface area (Å²) >= 11 is 6.20. The molecule has 0 aliphatic rings. The van der Waals surface area contributed by atoms with Crippen LogP contribution in [0.5, 0.6) is 11.5 Å². The Hall–Kier alpha value is -3.51. The first kappa shape index (κ1) is 21.7. The second-order valence-electron chi connectivity index (χ2n) is 7.31. The van der Waals surface area contributed by atoms with Gasteiger partial charge in [-0.3, -0.25) is 4.79 Å². The zero-order chi connectivity index (χ0) is 22.5. The van der Waals surface area contributed by atoms with Crippen LogP contribution in [0.25, 0.3) is 16.9 Å². The number of nitrogens with one attached hydrogen (secondary N) is 1. The van der Waals surface area contributed by atoms with Crippen LogP contribution >= 0.6 is 11.6 Å². The Labute approximate surface area is 191 Å². The maximum Gasteiger partial charge on any atom is 0.220 e. The zero-order valence-electron chi connectivity index (χ0n) is 18.0. The normalized spacial score (nSPS) is 10.8.